The molecule has 0 saturated heterocycles. The lowest BCUT2D eigenvalue weighted by Crippen LogP contribution is -2.38. The summed E-state index contributed by atoms with van der Waals surface area (Å²) >= 11 is 0. The van der Waals surface area contributed by atoms with Gasteiger partial charge in [-0.05, 0) is 48.0 Å². The molecule has 1 unspecified atom stereocenters. The molecule has 18 heavy (non-hydrogen) atoms. The maximum absolute atomic E-state index is 11.9. The SMILES string of the molecule is CC(C)(C)OC(=O)C(CCC(=O)O)OC(C)(C)C. The van der Waals surface area contributed by atoms with Crippen LogP contribution in [0.5, 0.6) is 0 Å². The van der Waals surface area contributed by atoms with E-state index >= 15 is 0 Å². The van der Waals surface area contributed by atoms with Gasteiger partial charge in [0.1, 0.15) is 5.60 Å². The molecule has 0 fully saturated rings. The predicted molar refractivity (Wildman–Crippen MR) is 67.3 cm³/mol. The van der Waals surface area contributed by atoms with Crippen LogP contribution >= 0.6 is 0 Å². The number of aliphatic carboxylic acids is 1. The molecule has 0 bridgehead atoms. The Bertz CT molecular complexity index is 295. The van der Waals surface area contributed by atoms with Gasteiger partial charge in [-0.15, -0.1) is 0 Å². The normalized spacial score (nSPS) is 14.1. The van der Waals surface area contributed by atoms with E-state index in [2.05, 4.69) is 0 Å². The third-order valence-corrected chi connectivity index (χ3v) is 1.79. The van der Waals surface area contributed by atoms with E-state index in [0.29, 0.717) is 0 Å². The number of esters is 1. The number of carboxylic acid groups (broad SMARTS) is 1. The fourth-order valence-corrected chi connectivity index (χ4v) is 1.27. The van der Waals surface area contributed by atoms with Crippen LogP contribution in [0.3, 0.4) is 0 Å². The molecule has 0 aliphatic heterocycles. The number of ether oxygens (including phenoxy) is 2. The van der Waals surface area contributed by atoms with Crippen LogP contribution in [0.1, 0.15) is 54.4 Å². The number of hydrogen-bond acceptors (Lipinski definition) is 4. The van der Waals surface area contributed by atoms with Crippen molar-refractivity contribution in [2.75, 3.05) is 0 Å². The molecule has 0 aliphatic rings. The molecule has 0 aromatic rings. The summed E-state index contributed by atoms with van der Waals surface area (Å²) < 4.78 is 10.8. The van der Waals surface area contributed by atoms with Crippen molar-refractivity contribution in [3.8, 4) is 0 Å². The highest BCUT2D eigenvalue weighted by atomic mass is 16.6. The maximum atomic E-state index is 11.9. The Labute approximate surface area is 108 Å². The van der Waals surface area contributed by atoms with Crippen LogP contribution in [0, 0.1) is 0 Å². The average molecular weight is 260 g/mol. The van der Waals surface area contributed by atoms with Gasteiger partial charge in [0, 0.05) is 6.42 Å². The average Bonchev–Trinajstić information content (AvgIpc) is 2.06. The number of carboxylic acids is 1. The van der Waals surface area contributed by atoms with E-state index in [1.165, 1.54) is 0 Å². The third-order valence-electron chi connectivity index (χ3n) is 1.79. The van der Waals surface area contributed by atoms with E-state index in [0.717, 1.165) is 0 Å². The summed E-state index contributed by atoms with van der Waals surface area (Å²) in [5.41, 5.74) is -1.14. The molecule has 0 radical (unpaired) electrons. The number of carbonyl (C=O) groups is 2. The Morgan fingerprint density at radius 3 is 1.89 bits per heavy atom. The van der Waals surface area contributed by atoms with Crippen LogP contribution in [-0.2, 0) is 19.1 Å². The van der Waals surface area contributed by atoms with Crippen LogP contribution < -0.4 is 0 Å². The Morgan fingerprint density at radius 1 is 1.06 bits per heavy atom. The Morgan fingerprint density at radius 2 is 1.56 bits per heavy atom. The Balaban J connectivity index is 4.64. The van der Waals surface area contributed by atoms with Crippen LogP contribution in [0.2, 0.25) is 0 Å². The molecule has 0 spiro atoms. The van der Waals surface area contributed by atoms with Crippen molar-refractivity contribution < 1.29 is 24.2 Å². The van der Waals surface area contributed by atoms with Gasteiger partial charge < -0.3 is 14.6 Å². The highest BCUT2D eigenvalue weighted by Crippen LogP contribution is 2.18. The molecule has 5 nitrogen and oxygen atoms in total. The second-order valence-corrected chi connectivity index (χ2v) is 6.18. The lowest BCUT2D eigenvalue weighted by atomic mass is 10.1. The highest BCUT2D eigenvalue weighted by molar-refractivity contribution is 5.76. The van der Waals surface area contributed by atoms with Gasteiger partial charge in [-0.3, -0.25) is 4.79 Å². The summed E-state index contributed by atoms with van der Waals surface area (Å²) in [7, 11) is 0. The lowest BCUT2D eigenvalue weighted by molar-refractivity contribution is -0.178. The summed E-state index contributed by atoms with van der Waals surface area (Å²) in [5.74, 6) is -1.47. The van der Waals surface area contributed by atoms with E-state index in [1.54, 1.807) is 20.8 Å². The zero-order valence-electron chi connectivity index (χ0n) is 12.1. The van der Waals surface area contributed by atoms with Crippen molar-refractivity contribution in [1.82, 2.24) is 0 Å². The van der Waals surface area contributed by atoms with Gasteiger partial charge in [0.2, 0.25) is 0 Å². The second-order valence-electron chi connectivity index (χ2n) is 6.18. The number of carbonyl (C=O) groups excluding carboxylic acids is 1. The van der Waals surface area contributed by atoms with Crippen molar-refractivity contribution in [1.29, 1.82) is 0 Å². The summed E-state index contributed by atoms with van der Waals surface area (Å²) in [6.07, 6.45) is -0.859. The van der Waals surface area contributed by atoms with E-state index < -0.39 is 29.2 Å². The summed E-state index contributed by atoms with van der Waals surface area (Å²) in [6, 6.07) is 0. The van der Waals surface area contributed by atoms with Crippen molar-refractivity contribution in [2.45, 2.75) is 71.7 Å². The Kier molecular flexibility index (Phi) is 5.80. The molecular formula is C13H24O5. The first-order chi connectivity index (χ1) is 7.91. The third kappa shape index (κ3) is 8.98. The second kappa shape index (κ2) is 6.18. The largest absolute Gasteiger partial charge is 0.481 e. The molecule has 1 atom stereocenters. The zero-order valence-corrected chi connectivity index (χ0v) is 12.1. The molecule has 0 aliphatic carbocycles. The van der Waals surface area contributed by atoms with Gasteiger partial charge >= 0.3 is 11.9 Å². The standard InChI is InChI=1S/C13H24O5/c1-12(2,3)17-9(7-8-10(14)15)11(16)18-13(4,5)6/h9H,7-8H2,1-6H3,(H,14,15). The molecule has 0 saturated carbocycles. The maximum Gasteiger partial charge on any atom is 0.335 e. The van der Waals surface area contributed by atoms with E-state index in [-0.39, 0.29) is 12.8 Å². The minimum atomic E-state index is -0.957. The summed E-state index contributed by atoms with van der Waals surface area (Å²) in [6.45, 7) is 10.7. The summed E-state index contributed by atoms with van der Waals surface area (Å²) in [4.78, 5) is 22.5. The molecular weight excluding hydrogens is 236 g/mol. The molecule has 0 rings (SSSR count). The van der Waals surface area contributed by atoms with Crippen molar-refractivity contribution in [3.63, 3.8) is 0 Å². The minimum absolute atomic E-state index is 0.113. The van der Waals surface area contributed by atoms with Crippen LogP contribution in [0.4, 0.5) is 0 Å². The van der Waals surface area contributed by atoms with Gasteiger partial charge in [-0.1, -0.05) is 0 Å². The van der Waals surface area contributed by atoms with E-state index in [4.69, 9.17) is 14.6 Å². The topological polar surface area (TPSA) is 72.8 Å². The van der Waals surface area contributed by atoms with Crippen molar-refractivity contribution in [3.05, 3.63) is 0 Å². The quantitative estimate of drug-likeness (QED) is 0.768. The van der Waals surface area contributed by atoms with Crippen LogP contribution in [0.15, 0.2) is 0 Å². The molecule has 0 aromatic heterocycles. The molecule has 1 N–H and O–H groups in total. The number of hydrogen-bond donors (Lipinski definition) is 1. The first kappa shape index (κ1) is 16.9. The van der Waals surface area contributed by atoms with Crippen molar-refractivity contribution in [2.24, 2.45) is 0 Å². The molecule has 0 amide bonds. The molecule has 0 heterocycles. The molecule has 106 valence electrons. The fourth-order valence-electron chi connectivity index (χ4n) is 1.27. The predicted octanol–water partition coefficient (Wildman–Crippen LogP) is 2.38. The van der Waals surface area contributed by atoms with E-state index in [9.17, 15) is 9.59 Å². The fraction of sp³-hybridized carbons (Fsp3) is 0.846. The molecule has 0 aromatic carbocycles. The first-order valence-corrected chi connectivity index (χ1v) is 6.03. The van der Waals surface area contributed by atoms with Gasteiger partial charge in [0.15, 0.2) is 6.10 Å². The highest BCUT2D eigenvalue weighted by Gasteiger charge is 2.30. The van der Waals surface area contributed by atoms with Gasteiger partial charge in [-0.25, -0.2) is 4.79 Å². The van der Waals surface area contributed by atoms with Gasteiger partial charge in [0.05, 0.1) is 5.60 Å². The van der Waals surface area contributed by atoms with Crippen molar-refractivity contribution >= 4 is 11.9 Å². The number of rotatable bonds is 5. The Hall–Kier alpha value is -1.10. The van der Waals surface area contributed by atoms with Crippen LogP contribution in [0.25, 0.3) is 0 Å². The van der Waals surface area contributed by atoms with Gasteiger partial charge in [-0.2, -0.15) is 0 Å². The zero-order chi connectivity index (χ0) is 14.6. The van der Waals surface area contributed by atoms with Crippen LogP contribution in [-0.4, -0.2) is 34.4 Å². The summed E-state index contributed by atoms with van der Waals surface area (Å²) in [5, 5.41) is 8.67. The first-order valence-electron chi connectivity index (χ1n) is 6.03. The monoisotopic (exact) mass is 260 g/mol. The van der Waals surface area contributed by atoms with E-state index in [1.807, 2.05) is 20.8 Å². The molecule has 5 heteroatoms. The minimum Gasteiger partial charge on any atom is -0.481 e. The lowest BCUT2D eigenvalue weighted by Gasteiger charge is -2.29. The smallest absolute Gasteiger partial charge is 0.335 e. The van der Waals surface area contributed by atoms with Gasteiger partial charge in [0.25, 0.3) is 0 Å².